The fourth-order valence-electron chi connectivity index (χ4n) is 2.81. The van der Waals surface area contributed by atoms with Gasteiger partial charge in [0.25, 0.3) is 10.0 Å². The number of hydrogen-bond donors (Lipinski definition) is 0. The average molecular weight is 464 g/mol. The van der Waals surface area contributed by atoms with Crippen LogP contribution in [0, 0.1) is 6.92 Å². The Morgan fingerprint density at radius 2 is 1.88 bits per heavy atom. The maximum Gasteiger partial charge on any atom is 0.269 e. The van der Waals surface area contributed by atoms with Crippen molar-refractivity contribution in [3.63, 3.8) is 0 Å². The zero-order chi connectivity index (χ0) is 19.5. The van der Waals surface area contributed by atoms with Gasteiger partial charge in [0, 0.05) is 24.6 Å². The zero-order valence-electron chi connectivity index (χ0n) is 15.4. The fraction of sp³-hybridized carbons (Fsp3) is 0.471. The molecule has 0 atom stereocenters. The molecule has 0 N–H and O–H groups in total. The maximum absolute atomic E-state index is 13.4. The molecule has 0 radical (unpaired) electrons. The number of likely N-dealkylation sites (N-methyl/N-ethyl adjacent to an activating group) is 1. The van der Waals surface area contributed by atoms with Crippen molar-refractivity contribution in [1.82, 2.24) is 14.7 Å². The first-order valence-corrected chi connectivity index (χ1v) is 11.0. The first-order chi connectivity index (χ1) is 12.2. The SMILES string of the molecule is CCN(CC)CCN(c1cccc(Br)c1)S(=O)(=O)c1c(C)nn(C)c1Cl. The molecule has 2 aromatic rings. The number of anilines is 1. The fourth-order valence-corrected chi connectivity index (χ4v) is 5.35. The largest absolute Gasteiger partial charge is 0.302 e. The summed E-state index contributed by atoms with van der Waals surface area (Å²) in [5.74, 6) is 0. The number of aromatic nitrogens is 2. The number of nitrogens with zero attached hydrogens (tertiary/aromatic N) is 4. The molecular weight excluding hydrogens is 440 g/mol. The third-order valence-electron chi connectivity index (χ3n) is 4.26. The number of sulfonamides is 1. The number of rotatable bonds is 8. The molecule has 144 valence electrons. The van der Waals surface area contributed by atoms with Gasteiger partial charge in [-0.3, -0.25) is 8.99 Å². The molecule has 0 aliphatic carbocycles. The lowest BCUT2D eigenvalue weighted by molar-refractivity contribution is 0.313. The lowest BCUT2D eigenvalue weighted by atomic mass is 10.3. The highest BCUT2D eigenvalue weighted by atomic mass is 79.9. The monoisotopic (exact) mass is 462 g/mol. The third-order valence-corrected chi connectivity index (χ3v) is 7.28. The molecule has 0 aliphatic heterocycles. The van der Waals surface area contributed by atoms with Gasteiger partial charge in [-0.05, 0) is 38.2 Å². The normalized spacial score (nSPS) is 12.0. The van der Waals surface area contributed by atoms with E-state index < -0.39 is 10.0 Å². The Bertz CT molecular complexity index is 866. The first-order valence-electron chi connectivity index (χ1n) is 8.42. The number of hydrogen-bond acceptors (Lipinski definition) is 4. The van der Waals surface area contributed by atoms with Gasteiger partial charge < -0.3 is 4.90 Å². The van der Waals surface area contributed by atoms with Crippen LogP contribution in [-0.2, 0) is 17.1 Å². The van der Waals surface area contributed by atoms with Crippen molar-refractivity contribution in [2.24, 2.45) is 7.05 Å². The van der Waals surface area contributed by atoms with Crippen molar-refractivity contribution in [2.45, 2.75) is 25.7 Å². The van der Waals surface area contributed by atoms with E-state index in [1.165, 1.54) is 8.99 Å². The number of benzene rings is 1. The summed E-state index contributed by atoms with van der Waals surface area (Å²) in [5, 5.41) is 4.27. The first kappa shape index (κ1) is 21.2. The van der Waals surface area contributed by atoms with Gasteiger partial charge in [0.05, 0.1) is 11.4 Å². The Morgan fingerprint density at radius 3 is 2.38 bits per heavy atom. The second-order valence-electron chi connectivity index (χ2n) is 5.91. The van der Waals surface area contributed by atoms with Gasteiger partial charge in [0.15, 0.2) is 0 Å². The molecule has 0 aliphatic rings. The summed E-state index contributed by atoms with van der Waals surface area (Å²) < 4.78 is 30.5. The molecule has 0 saturated heterocycles. The van der Waals surface area contributed by atoms with Crippen LogP contribution in [-0.4, -0.2) is 49.3 Å². The smallest absolute Gasteiger partial charge is 0.269 e. The minimum atomic E-state index is -3.85. The van der Waals surface area contributed by atoms with Crippen LogP contribution in [0.25, 0.3) is 0 Å². The standard InChI is InChI=1S/C17H24BrClN4O2S/c1-5-22(6-2)10-11-23(15-9-7-8-14(18)12-15)26(24,25)16-13(3)20-21(4)17(16)19/h7-9,12H,5-6,10-11H2,1-4H3. The molecule has 0 fully saturated rings. The van der Waals surface area contributed by atoms with Crippen LogP contribution in [0.15, 0.2) is 33.6 Å². The van der Waals surface area contributed by atoms with Gasteiger partial charge in [0.1, 0.15) is 10.0 Å². The van der Waals surface area contributed by atoms with Crippen molar-refractivity contribution in [2.75, 3.05) is 30.5 Å². The summed E-state index contributed by atoms with van der Waals surface area (Å²) in [4.78, 5) is 2.24. The van der Waals surface area contributed by atoms with Crippen LogP contribution in [0.2, 0.25) is 5.15 Å². The highest BCUT2D eigenvalue weighted by molar-refractivity contribution is 9.10. The molecule has 1 aromatic carbocycles. The average Bonchev–Trinajstić information content (AvgIpc) is 2.84. The number of aryl methyl sites for hydroxylation is 2. The van der Waals surface area contributed by atoms with Crippen molar-refractivity contribution in [3.05, 3.63) is 39.6 Å². The van der Waals surface area contributed by atoms with E-state index >= 15 is 0 Å². The Kier molecular flexibility index (Phi) is 7.12. The van der Waals surface area contributed by atoms with Crippen LogP contribution in [0.3, 0.4) is 0 Å². The molecule has 2 rings (SSSR count). The van der Waals surface area contributed by atoms with E-state index in [-0.39, 0.29) is 10.0 Å². The molecule has 1 aromatic heterocycles. The molecule has 0 unspecified atom stereocenters. The molecular formula is C17H24BrClN4O2S. The van der Waals surface area contributed by atoms with Gasteiger partial charge in [-0.15, -0.1) is 0 Å². The van der Waals surface area contributed by atoms with E-state index in [0.717, 1.165) is 17.6 Å². The predicted molar refractivity (Wildman–Crippen MR) is 109 cm³/mol. The number of halogens is 2. The van der Waals surface area contributed by atoms with E-state index in [0.29, 0.717) is 24.5 Å². The second-order valence-corrected chi connectivity index (χ2v) is 8.99. The molecule has 0 spiro atoms. The summed E-state index contributed by atoms with van der Waals surface area (Å²) in [7, 11) is -2.22. The van der Waals surface area contributed by atoms with Gasteiger partial charge >= 0.3 is 0 Å². The molecule has 1 heterocycles. The van der Waals surface area contributed by atoms with E-state index in [1.54, 1.807) is 26.1 Å². The van der Waals surface area contributed by atoms with Gasteiger partial charge in [-0.25, -0.2) is 8.42 Å². The maximum atomic E-state index is 13.4. The zero-order valence-corrected chi connectivity index (χ0v) is 18.6. The lowest BCUT2D eigenvalue weighted by Crippen LogP contribution is -2.39. The topological polar surface area (TPSA) is 58.4 Å². The summed E-state index contributed by atoms with van der Waals surface area (Å²) in [6, 6.07) is 7.25. The van der Waals surface area contributed by atoms with Crippen molar-refractivity contribution in [3.8, 4) is 0 Å². The molecule has 6 nitrogen and oxygen atoms in total. The van der Waals surface area contributed by atoms with E-state index in [9.17, 15) is 8.42 Å². The van der Waals surface area contributed by atoms with E-state index in [4.69, 9.17) is 11.6 Å². The predicted octanol–water partition coefficient (Wildman–Crippen LogP) is 3.68. The molecule has 9 heteroatoms. The minimum absolute atomic E-state index is 0.0567. The van der Waals surface area contributed by atoms with E-state index in [2.05, 4.69) is 39.8 Å². The lowest BCUT2D eigenvalue weighted by Gasteiger charge is -2.27. The highest BCUT2D eigenvalue weighted by Crippen LogP contribution is 2.31. The Labute approximate surface area is 168 Å². The Morgan fingerprint density at radius 1 is 1.23 bits per heavy atom. The Hall–Kier alpha value is -1.09. The van der Waals surface area contributed by atoms with Crippen LogP contribution in [0.1, 0.15) is 19.5 Å². The molecule has 0 saturated carbocycles. The van der Waals surface area contributed by atoms with Crippen molar-refractivity contribution >= 4 is 43.2 Å². The summed E-state index contributed by atoms with van der Waals surface area (Å²) in [6.45, 7) is 8.43. The molecule has 0 amide bonds. The quantitative estimate of drug-likeness (QED) is 0.599. The van der Waals surface area contributed by atoms with Crippen molar-refractivity contribution < 1.29 is 8.42 Å². The molecule has 26 heavy (non-hydrogen) atoms. The van der Waals surface area contributed by atoms with Gasteiger partial charge in [0.2, 0.25) is 0 Å². The van der Waals surface area contributed by atoms with Gasteiger partial charge in [-0.1, -0.05) is 47.4 Å². The third kappa shape index (κ3) is 4.42. The van der Waals surface area contributed by atoms with Crippen LogP contribution < -0.4 is 4.31 Å². The second kappa shape index (κ2) is 8.73. The van der Waals surface area contributed by atoms with Gasteiger partial charge in [-0.2, -0.15) is 5.10 Å². The molecule has 0 bridgehead atoms. The summed E-state index contributed by atoms with van der Waals surface area (Å²) in [5.41, 5.74) is 0.978. The summed E-state index contributed by atoms with van der Waals surface area (Å²) >= 11 is 9.67. The van der Waals surface area contributed by atoms with Crippen LogP contribution in [0.4, 0.5) is 5.69 Å². The van der Waals surface area contributed by atoms with Crippen molar-refractivity contribution in [1.29, 1.82) is 0 Å². The summed E-state index contributed by atoms with van der Waals surface area (Å²) in [6.07, 6.45) is 0. The van der Waals surface area contributed by atoms with Crippen LogP contribution in [0.5, 0.6) is 0 Å². The highest BCUT2D eigenvalue weighted by Gasteiger charge is 2.32. The minimum Gasteiger partial charge on any atom is -0.302 e. The van der Waals surface area contributed by atoms with E-state index in [1.807, 2.05) is 12.1 Å². The Balaban J connectivity index is 2.51. The van der Waals surface area contributed by atoms with Crippen LogP contribution >= 0.6 is 27.5 Å².